The van der Waals surface area contributed by atoms with Crippen molar-refractivity contribution < 1.29 is 4.79 Å². The summed E-state index contributed by atoms with van der Waals surface area (Å²) in [5.41, 5.74) is 0. The first kappa shape index (κ1) is 10.8. The zero-order chi connectivity index (χ0) is 10.7. The van der Waals surface area contributed by atoms with Gasteiger partial charge in [-0.25, -0.2) is 0 Å². The second kappa shape index (κ2) is 4.90. The van der Waals surface area contributed by atoms with Gasteiger partial charge in [-0.3, -0.25) is 4.79 Å². The third-order valence-electron chi connectivity index (χ3n) is 2.95. The second-order valence-electron chi connectivity index (χ2n) is 4.23. The van der Waals surface area contributed by atoms with Gasteiger partial charge >= 0.3 is 0 Å². The van der Waals surface area contributed by atoms with Crippen LogP contribution in [0, 0.1) is 12.8 Å². The molecule has 0 amide bonds. The minimum atomic E-state index is 0.333. The van der Waals surface area contributed by atoms with Crippen molar-refractivity contribution in [3.63, 3.8) is 0 Å². The van der Waals surface area contributed by atoms with Gasteiger partial charge in [-0.1, -0.05) is 0 Å². The van der Waals surface area contributed by atoms with Gasteiger partial charge in [-0.2, -0.15) is 0 Å². The van der Waals surface area contributed by atoms with Crippen molar-refractivity contribution in [3.05, 3.63) is 21.9 Å². The van der Waals surface area contributed by atoms with E-state index < -0.39 is 0 Å². The topological polar surface area (TPSA) is 29.1 Å². The van der Waals surface area contributed by atoms with E-state index in [1.54, 1.807) is 11.3 Å². The molecule has 0 spiro atoms. The lowest BCUT2D eigenvalue weighted by Gasteiger charge is -2.21. The van der Waals surface area contributed by atoms with Crippen molar-refractivity contribution in [1.29, 1.82) is 0 Å². The van der Waals surface area contributed by atoms with Crippen molar-refractivity contribution in [2.45, 2.75) is 26.2 Å². The maximum atomic E-state index is 11.9. The standard InChI is InChI=1S/C12H17NOS/c1-9-2-3-12(15-9)11(14)8-10-4-6-13-7-5-10/h2-3,10,13H,4-8H2,1H3. The molecule has 0 atom stereocenters. The van der Waals surface area contributed by atoms with Crippen molar-refractivity contribution in [1.82, 2.24) is 5.32 Å². The predicted molar refractivity (Wildman–Crippen MR) is 63.6 cm³/mol. The van der Waals surface area contributed by atoms with Gasteiger partial charge in [-0.15, -0.1) is 11.3 Å². The molecule has 0 radical (unpaired) electrons. The molecule has 15 heavy (non-hydrogen) atoms. The van der Waals surface area contributed by atoms with Crippen molar-refractivity contribution in [3.8, 4) is 0 Å². The van der Waals surface area contributed by atoms with E-state index in [0.29, 0.717) is 11.7 Å². The summed E-state index contributed by atoms with van der Waals surface area (Å²) in [5, 5.41) is 3.32. The number of hydrogen-bond donors (Lipinski definition) is 1. The van der Waals surface area contributed by atoms with Gasteiger partial charge in [0.25, 0.3) is 0 Å². The fraction of sp³-hybridized carbons (Fsp3) is 0.583. The zero-order valence-electron chi connectivity index (χ0n) is 9.08. The van der Waals surface area contributed by atoms with Crippen molar-refractivity contribution in [2.75, 3.05) is 13.1 Å². The number of thiophene rings is 1. The average Bonchev–Trinajstić information content (AvgIpc) is 2.66. The first-order chi connectivity index (χ1) is 7.25. The Labute approximate surface area is 94.7 Å². The molecule has 0 aromatic carbocycles. The normalized spacial score (nSPS) is 17.9. The molecule has 0 unspecified atom stereocenters. The molecular formula is C12H17NOS. The van der Waals surface area contributed by atoms with E-state index in [1.807, 2.05) is 19.1 Å². The second-order valence-corrected chi connectivity index (χ2v) is 5.52. The fourth-order valence-electron chi connectivity index (χ4n) is 2.03. The SMILES string of the molecule is Cc1ccc(C(=O)CC2CCNCC2)s1. The molecule has 1 saturated heterocycles. The van der Waals surface area contributed by atoms with E-state index in [2.05, 4.69) is 5.32 Å². The third kappa shape index (κ3) is 2.89. The highest BCUT2D eigenvalue weighted by Crippen LogP contribution is 2.22. The highest BCUT2D eigenvalue weighted by atomic mass is 32.1. The summed E-state index contributed by atoms with van der Waals surface area (Å²) in [6.07, 6.45) is 3.04. The van der Waals surface area contributed by atoms with E-state index in [9.17, 15) is 4.79 Å². The van der Waals surface area contributed by atoms with Crippen molar-refractivity contribution in [2.24, 2.45) is 5.92 Å². The molecule has 1 aliphatic heterocycles. The molecule has 2 heterocycles. The summed E-state index contributed by atoms with van der Waals surface area (Å²) < 4.78 is 0. The summed E-state index contributed by atoms with van der Waals surface area (Å²) >= 11 is 1.62. The molecule has 82 valence electrons. The number of carbonyl (C=O) groups is 1. The molecule has 1 aliphatic rings. The highest BCUT2D eigenvalue weighted by Gasteiger charge is 2.18. The number of nitrogens with one attached hydrogen (secondary N) is 1. The van der Waals surface area contributed by atoms with Crippen LogP contribution in [0.1, 0.15) is 33.8 Å². The van der Waals surface area contributed by atoms with E-state index >= 15 is 0 Å². The zero-order valence-corrected chi connectivity index (χ0v) is 9.90. The Morgan fingerprint density at radius 3 is 2.80 bits per heavy atom. The van der Waals surface area contributed by atoms with Crippen LogP contribution < -0.4 is 5.32 Å². The summed E-state index contributed by atoms with van der Waals surface area (Å²) in [7, 11) is 0. The van der Waals surface area contributed by atoms with Crippen LogP contribution in [0.15, 0.2) is 12.1 Å². The van der Waals surface area contributed by atoms with E-state index in [-0.39, 0.29) is 0 Å². The van der Waals surface area contributed by atoms with Gasteiger partial charge in [0.2, 0.25) is 0 Å². The largest absolute Gasteiger partial charge is 0.317 e. The summed E-state index contributed by atoms with van der Waals surface area (Å²) in [6.45, 7) is 4.19. The Morgan fingerprint density at radius 2 is 2.20 bits per heavy atom. The van der Waals surface area contributed by atoms with Crippen LogP contribution >= 0.6 is 11.3 Å². The van der Waals surface area contributed by atoms with Gasteiger partial charge in [0.05, 0.1) is 4.88 Å². The molecule has 2 rings (SSSR count). The van der Waals surface area contributed by atoms with E-state index in [0.717, 1.165) is 37.2 Å². The molecule has 1 aromatic heterocycles. The number of hydrogen-bond acceptors (Lipinski definition) is 3. The highest BCUT2D eigenvalue weighted by molar-refractivity contribution is 7.14. The number of piperidine rings is 1. The summed E-state index contributed by atoms with van der Waals surface area (Å²) in [6, 6.07) is 3.99. The van der Waals surface area contributed by atoms with Gasteiger partial charge in [-0.05, 0) is 50.9 Å². The number of ketones is 1. The fourth-order valence-corrected chi connectivity index (χ4v) is 2.85. The quantitative estimate of drug-likeness (QED) is 0.798. The third-order valence-corrected chi connectivity index (χ3v) is 3.99. The maximum Gasteiger partial charge on any atom is 0.173 e. The Balaban J connectivity index is 1.91. The van der Waals surface area contributed by atoms with Crippen LogP contribution in [0.25, 0.3) is 0 Å². The lowest BCUT2D eigenvalue weighted by atomic mass is 9.92. The molecular weight excluding hydrogens is 206 g/mol. The van der Waals surface area contributed by atoms with Crippen LogP contribution in [0.2, 0.25) is 0 Å². The van der Waals surface area contributed by atoms with Crippen molar-refractivity contribution >= 4 is 17.1 Å². The number of aryl methyl sites for hydroxylation is 1. The summed E-state index contributed by atoms with van der Waals surface area (Å²) in [5.74, 6) is 0.932. The van der Waals surface area contributed by atoms with Gasteiger partial charge in [0, 0.05) is 11.3 Å². The molecule has 3 heteroatoms. The lowest BCUT2D eigenvalue weighted by Crippen LogP contribution is -2.28. The summed E-state index contributed by atoms with van der Waals surface area (Å²) in [4.78, 5) is 14.1. The molecule has 0 saturated carbocycles. The molecule has 2 nitrogen and oxygen atoms in total. The first-order valence-electron chi connectivity index (χ1n) is 5.56. The smallest absolute Gasteiger partial charge is 0.173 e. The molecule has 1 aromatic rings. The first-order valence-corrected chi connectivity index (χ1v) is 6.37. The molecule has 0 aliphatic carbocycles. The van der Waals surface area contributed by atoms with E-state index in [1.165, 1.54) is 4.88 Å². The van der Waals surface area contributed by atoms with Gasteiger partial charge in [0.15, 0.2) is 5.78 Å². The Hall–Kier alpha value is -0.670. The average molecular weight is 223 g/mol. The molecule has 0 bridgehead atoms. The van der Waals surface area contributed by atoms with Gasteiger partial charge < -0.3 is 5.32 Å². The monoisotopic (exact) mass is 223 g/mol. The van der Waals surface area contributed by atoms with Crippen LogP contribution in [0.5, 0.6) is 0 Å². The Bertz CT molecular complexity index is 339. The predicted octanol–water partition coefficient (Wildman–Crippen LogP) is 2.63. The van der Waals surface area contributed by atoms with Crippen LogP contribution in [0.4, 0.5) is 0 Å². The molecule has 1 N–H and O–H groups in total. The number of Topliss-reactive ketones (excluding diaryl/α,β-unsaturated/α-hetero) is 1. The molecule has 1 fully saturated rings. The van der Waals surface area contributed by atoms with Crippen LogP contribution in [0.3, 0.4) is 0 Å². The lowest BCUT2D eigenvalue weighted by molar-refractivity contribution is 0.0956. The number of carbonyl (C=O) groups excluding carboxylic acids is 1. The van der Waals surface area contributed by atoms with Gasteiger partial charge in [0.1, 0.15) is 0 Å². The number of rotatable bonds is 3. The Kier molecular flexibility index (Phi) is 3.54. The maximum absolute atomic E-state index is 11.9. The van der Waals surface area contributed by atoms with Crippen LogP contribution in [-0.4, -0.2) is 18.9 Å². The van der Waals surface area contributed by atoms with Crippen LogP contribution in [-0.2, 0) is 0 Å². The van der Waals surface area contributed by atoms with E-state index in [4.69, 9.17) is 0 Å². The minimum absolute atomic E-state index is 0.333. The Morgan fingerprint density at radius 1 is 1.47 bits per heavy atom. The minimum Gasteiger partial charge on any atom is -0.317 e.